The average molecular weight is 302 g/mol. The van der Waals surface area contributed by atoms with Gasteiger partial charge in [-0.1, -0.05) is 12.1 Å². The molecule has 2 unspecified atom stereocenters. The second-order valence-electron chi connectivity index (χ2n) is 6.75. The predicted molar refractivity (Wildman–Crippen MR) is 93.6 cm³/mol. The highest BCUT2D eigenvalue weighted by Crippen LogP contribution is 2.25. The summed E-state index contributed by atoms with van der Waals surface area (Å²) in [5.74, 6) is 0. The van der Waals surface area contributed by atoms with Gasteiger partial charge in [0.2, 0.25) is 0 Å². The topological polar surface area (TPSA) is 44.5 Å². The van der Waals surface area contributed by atoms with Crippen molar-refractivity contribution in [2.24, 2.45) is 5.73 Å². The minimum absolute atomic E-state index is 0.503. The van der Waals surface area contributed by atoms with Crippen molar-refractivity contribution < 1.29 is 0 Å². The zero-order chi connectivity index (χ0) is 15.5. The van der Waals surface area contributed by atoms with Gasteiger partial charge >= 0.3 is 0 Å². The molecule has 0 bridgehead atoms. The van der Waals surface area contributed by atoms with Crippen LogP contribution in [0.2, 0.25) is 0 Å². The number of rotatable bonds is 4. The molecule has 2 heterocycles. The number of piperazine rings is 1. The Morgan fingerprint density at radius 2 is 2.00 bits per heavy atom. The zero-order valence-electron chi connectivity index (χ0n) is 14.0. The van der Waals surface area contributed by atoms with E-state index in [2.05, 4.69) is 47.2 Å². The average Bonchev–Trinajstić information content (AvgIpc) is 3.06. The van der Waals surface area contributed by atoms with Crippen molar-refractivity contribution in [2.45, 2.75) is 38.8 Å². The smallest absolute Gasteiger partial charge is 0.0399 e. The number of hydrogen-bond donors (Lipinski definition) is 2. The molecule has 0 amide bonds. The third-order valence-electron chi connectivity index (χ3n) is 5.50. The number of aryl methyl sites for hydroxylation is 1. The lowest BCUT2D eigenvalue weighted by atomic mass is 10.0. The number of anilines is 1. The van der Waals surface area contributed by atoms with Crippen molar-refractivity contribution in [2.75, 3.05) is 44.2 Å². The fourth-order valence-electron chi connectivity index (χ4n) is 3.98. The molecule has 1 aromatic rings. The summed E-state index contributed by atoms with van der Waals surface area (Å²) in [5, 5.41) is 3.63. The first-order chi connectivity index (χ1) is 10.7. The van der Waals surface area contributed by atoms with Gasteiger partial charge in [-0.3, -0.25) is 4.90 Å². The molecule has 3 N–H and O–H groups in total. The zero-order valence-corrected chi connectivity index (χ0v) is 14.0. The molecule has 4 nitrogen and oxygen atoms in total. The van der Waals surface area contributed by atoms with E-state index >= 15 is 0 Å². The van der Waals surface area contributed by atoms with Crippen LogP contribution in [0.15, 0.2) is 18.2 Å². The minimum Gasteiger partial charge on any atom is -0.369 e. The van der Waals surface area contributed by atoms with Crippen molar-refractivity contribution in [1.29, 1.82) is 0 Å². The lowest BCUT2D eigenvalue weighted by Crippen LogP contribution is -2.58. The Bertz CT molecular complexity index is 488. The first-order valence-corrected chi connectivity index (χ1v) is 8.69. The fourth-order valence-corrected chi connectivity index (χ4v) is 3.98. The maximum Gasteiger partial charge on any atom is 0.0399 e. The number of nitrogens with zero attached hydrogens (tertiary/aromatic N) is 2. The van der Waals surface area contributed by atoms with Crippen LogP contribution in [0.4, 0.5) is 5.69 Å². The number of nitrogens with one attached hydrogen (secondary N) is 1. The largest absolute Gasteiger partial charge is 0.369 e. The van der Waals surface area contributed by atoms with E-state index < -0.39 is 0 Å². The van der Waals surface area contributed by atoms with E-state index in [0.717, 1.165) is 39.3 Å². The molecule has 0 saturated carbocycles. The number of nitrogens with two attached hydrogens (primary N) is 1. The molecule has 2 aliphatic rings. The summed E-state index contributed by atoms with van der Waals surface area (Å²) in [6, 6.07) is 7.73. The van der Waals surface area contributed by atoms with Gasteiger partial charge in [0.1, 0.15) is 0 Å². The van der Waals surface area contributed by atoms with Gasteiger partial charge in [-0.2, -0.15) is 0 Å². The third kappa shape index (κ3) is 3.14. The minimum atomic E-state index is 0.503. The molecular weight excluding hydrogens is 272 g/mol. The van der Waals surface area contributed by atoms with Gasteiger partial charge in [0, 0.05) is 50.5 Å². The molecule has 0 radical (unpaired) electrons. The first-order valence-electron chi connectivity index (χ1n) is 8.69. The van der Waals surface area contributed by atoms with Crippen LogP contribution in [0.5, 0.6) is 0 Å². The van der Waals surface area contributed by atoms with E-state index in [1.165, 1.54) is 29.7 Å². The van der Waals surface area contributed by atoms with Gasteiger partial charge in [-0.05, 0) is 50.4 Å². The van der Waals surface area contributed by atoms with E-state index in [0.29, 0.717) is 12.1 Å². The molecule has 22 heavy (non-hydrogen) atoms. The lowest BCUT2D eigenvalue weighted by molar-refractivity contribution is 0.158. The van der Waals surface area contributed by atoms with E-state index in [4.69, 9.17) is 5.73 Å². The molecule has 0 aliphatic carbocycles. The molecule has 122 valence electrons. The summed E-state index contributed by atoms with van der Waals surface area (Å²) in [6.07, 6.45) is 2.57. The highest BCUT2D eigenvalue weighted by molar-refractivity contribution is 5.56. The van der Waals surface area contributed by atoms with Crippen LogP contribution in [0.1, 0.15) is 24.0 Å². The maximum absolute atomic E-state index is 6.08. The van der Waals surface area contributed by atoms with Crippen LogP contribution in [0.3, 0.4) is 0 Å². The summed E-state index contributed by atoms with van der Waals surface area (Å²) < 4.78 is 0. The van der Waals surface area contributed by atoms with E-state index in [1.807, 2.05) is 0 Å². The predicted octanol–water partition coefficient (Wildman–Crippen LogP) is 1.50. The van der Waals surface area contributed by atoms with E-state index in [-0.39, 0.29) is 0 Å². The normalized spacial score (nSPS) is 24.7. The Hall–Kier alpha value is -1.10. The number of benzene rings is 1. The molecule has 3 rings (SSSR count). The SMILES string of the molecule is Cc1cccc(N2CCN(C(CN)C3CCCN3)CC2)c1C. The first kappa shape index (κ1) is 15.8. The molecular formula is C18H30N4. The molecule has 1 aromatic carbocycles. The van der Waals surface area contributed by atoms with Gasteiger partial charge in [0.25, 0.3) is 0 Å². The Morgan fingerprint density at radius 3 is 2.64 bits per heavy atom. The van der Waals surface area contributed by atoms with Crippen LogP contribution >= 0.6 is 0 Å². The third-order valence-corrected chi connectivity index (χ3v) is 5.50. The Kier molecular flexibility index (Phi) is 5.01. The second-order valence-corrected chi connectivity index (χ2v) is 6.75. The quantitative estimate of drug-likeness (QED) is 0.885. The highest BCUT2D eigenvalue weighted by atomic mass is 15.3. The Morgan fingerprint density at radius 1 is 1.23 bits per heavy atom. The van der Waals surface area contributed by atoms with Crippen LogP contribution in [-0.4, -0.2) is 56.3 Å². The molecule has 0 aromatic heterocycles. The summed E-state index contributed by atoms with van der Waals surface area (Å²) in [4.78, 5) is 5.14. The molecule has 2 fully saturated rings. The Labute approximate surface area is 134 Å². The van der Waals surface area contributed by atoms with E-state index in [9.17, 15) is 0 Å². The van der Waals surface area contributed by atoms with Crippen molar-refractivity contribution in [3.05, 3.63) is 29.3 Å². The van der Waals surface area contributed by atoms with Gasteiger partial charge in [0.05, 0.1) is 0 Å². The fraction of sp³-hybridized carbons (Fsp3) is 0.667. The van der Waals surface area contributed by atoms with Crippen LogP contribution in [0, 0.1) is 13.8 Å². The monoisotopic (exact) mass is 302 g/mol. The number of hydrogen-bond acceptors (Lipinski definition) is 4. The van der Waals surface area contributed by atoms with Crippen molar-refractivity contribution in [3.63, 3.8) is 0 Å². The lowest BCUT2D eigenvalue weighted by Gasteiger charge is -2.42. The molecule has 0 spiro atoms. The summed E-state index contributed by atoms with van der Waals surface area (Å²) in [5.41, 5.74) is 10.3. The van der Waals surface area contributed by atoms with Gasteiger partial charge in [0.15, 0.2) is 0 Å². The van der Waals surface area contributed by atoms with Crippen molar-refractivity contribution in [3.8, 4) is 0 Å². The van der Waals surface area contributed by atoms with Crippen LogP contribution in [0.25, 0.3) is 0 Å². The van der Waals surface area contributed by atoms with Gasteiger partial charge in [-0.25, -0.2) is 0 Å². The van der Waals surface area contributed by atoms with Crippen LogP contribution in [-0.2, 0) is 0 Å². The molecule has 2 aliphatic heterocycles. The summed E-state index contributed by atoms with van der Waals surface area (Å²) in [7, 11) is 0. The molecule has 2 saturated heterocycles. The van der Waals surface area contributed by atoms with Gasteiger partial charge in [-0.15, -0.1) is 0 Å². The highest BCUT2D eigenvalue weighted by Gasteiger charge is 2.30. The maximum atomic E-state index is 6.08. The second kappa shape index (κ2) is 6.99. The van der Waals surface area contributed by atoms with Crippen LogP contribution < -0.4 is 16.0 Å². The molecule has 2 atom stereocenters. The van der Waals surface area contributed by atoms with Gasteiger partial charge < -0.3 is 16.0 Å². The summed E-state index contributed by atoms with van der Waals surface area (Å²) in [6.45, 7) is 10.8. The van der Waals surface area contributed by atoms with E-state index in [1.54, 1.807) is 0 Å². The van der Waals surface area contributed by atoms with Crippen molar-refractivity contribution >= 4 is 5.69 Å². The Balaban J connectivity index is 1.63. The standard InChI is InChI=1S/C18H30N4/c1-14-5-3-7-17(15(14)2)21-9-11-22(12-10-21)18(13-19)16-6-4-8-20-16/h3,5,7,16,18,20H,4,6,8-13,19H2,1-2H3. The summed E-state index contributed by atoms with van der Waals surface area (Å²) >= 11 is 0. The van der Waals surface area contributed by atoms with Crippen molar-refractivity contribution in [1.82, 2.24) is 10.2 Å². The molecule has 4 heteroatoms.